The molecule has 5 heteroatoms. The molecule has 0 fully saturated rings. The summed E-state index contributed by atoms with van der Waals surface area (Å²) >= 11 is 0. The molecule has 1 atom stereocenters. The standard InChI is InChI=1S/C11H16N2O3/c1-4-12-10(14)8(3)13-11(15)9-6-5-7(2)16-9/h5-6,8H,4H2,1-3H3,(H,12,14)(H,13,15). The van der Waals surface area contributed by atoms with Gasteiger partial charge >= 0.3 is 0 Å². The van der Waals surface area contributed by atoms with Crippen LogP contribution in [0, 0.1) is 6.92 Å². The maximum atomic E-state index is 11.6. The van der Waals surface area contributed by atoms with E-state index in [9.17, 15) is 9.59 Å². The summed E-state index contributed by atoms with van der Waals surface area (Å²) < 4.78 is 5.14. The van der Waals surface area contributed by atoms with E-state index in [1.165, 1.54) is 0 Å². The van der Waals surface area contributed by atoms with Crippen molar-refractivity contribution in [2.45, 2.75) is 26.8 Å². The van der Waals surface area contributed by atoms with E-state index in [0.29, 0.717) is 12.3 Å². The minimum Gasteiger partial charge on any atom is -0.456 e. The molecule has 0 bridgehead atoms. The Bertz CT molecular complexity index is 384. The molecule has 0 radical (unpaired) electrons. The van der Waals surface area contributed by atoms with Crippen molar-refractivity contribution < 1.29 is 14.0 Å². The van der Waals surface area contributed by atoms with Crippen molar-refractivity contribution in [2.24, 2.45) is 0 Å². The van der Waals surface area contributed by atoms with Crippen molar-refractivity contribution >= 4 is 11.8 Å². The highest BCUT2D eigenvalue weighted by Gasteiger charge is 2.17. The van der Waals surface area contributed by atoms with Gasteiger partial charge in [0.25, 0.3) is 5.91 Å². The average Bonchev–Trinajstić information content (AvgIpc) is 2.65. The van der Waals surface area contributed by atoms with Crippen LogP contribution in [0.5, 0.6) is 0 Å². The topological polar surface area (TPSA) is 71.3 Å². The normalized spacial score (nSPS) is 11.9. The van der Waals surface area contributed by atoms with E-state index in [1.807, 2.05) is 6.92 Å². The van der Waals surface area contributed by atoms with E-state index < -0.39 is 6.04 Å². The fraction of sp³-hybridized carbons (Fsp3) is 0.455. The molecule has 1 aromatic rings. The summed E-state index contributed by atoms with van der Waals surface area (Å²) in [5.74, 6) is 0.287. The predicted molar refractivity (Wildman–Crippen MR) is 59.1 cm³/mol. The largest absolute Gasteiger partial charge is 0.456 e. The van der Waals surface area contributed by atoms with Crippen LogP contribution in [0.25, 0.3) is 0 Å². The zero-order chi connectivity index (χ0) is 12.1. The molecule has 5 nitrogen and oxygen atoms in total. The van der Waals surface area contributed by atoms with Gasteiger partial charge in [-0.25, -0.2) is 0 Å². The molecular formula is C11H16N2O3. The Kier molecular flexibility index (Phi) is 4.10. The van der Waals surface area contributed by atoms with E-state index in [0.717, 1.165) is 0 Å². The van der Waals surface area contributed by atoms with E-state index in [-0.39, 0.29) is 17.6 Å². The number of furan rings is 1. The van der Waals surface area contributed by atoms with Crippen molar-refractivity contribution in [1.82, 2.24) is 10.6 Å². The van der Waals surface area contributed by atoms with Gasteiger partial charge in [0.1, 0.15) is 11.8 Å². The zero-order valence-electron chi connectivity index (χ0n) is 9.66. The number of rotatable bonds is 4. The highest BCUT2D eigenvalue weighted by atomic mass is 16.3. The number of nitrogens with one attached hydrogen (secondary N) is 2. The molecule has 1 rings (SSSR count). The van der Waals surface area contributed by atoms with Gasteiger partial charge in [0.15, 0.2) is 5.76 Å². The van der Waals surface area contributed by atoms with Crippen molar-refractivity contribution in [1.29, 1.82) is 0 Å². The zero-order valence-corrected chi connectivity index (χ0v) is 9.66. The second kappa shape index (κ2) is 5.34. The second-order valence-corrected chi connectivity index (χ2v) is 3.50. The van der Waals surface area contributed by atoms with E-state index in [2.05, 4.69) is 10.6 Å². The quantitative estimate of drug-likeness (QED) is 0.796. The summed E-state index contributed by atoms with van der Waals surface area (Å²) in [6.45, 7) is 5.74. The maximum Gasteiger partial charge on any atom is 0.287 e. The first-order chi connectivity index (χ1) is 7.54. The Morgan fingerprint density at radius 3 is 2.62 bits per heavy atom. The Labute approximate surface area is 94.2 Å². The molecule has 2 N–H and O–H groups in total. The first-order valence-corrected chi connectivity index (χ1v) is 5.19. The maximum absolute atomic E-state index is 11.6. The summed E-state index contributed by atoms with van der Waals surface area (Å²) in [5, 5.41) is 5.17. The molecule has 0 aliphatic rings. The molecule has 0 saturated carbocycles. The third-order valence-corrected chi connectivity index (χ3v) is 2.06. The smallest absolute Gasteiger partial charge is 0.287 e. The number of hydrogen-bond donors (Lipinski definition) is 2. The SMILES string of the molecule is CCNC(=O)C(C)NC(=O)c1ccc(C)o1. The number of carbonyl (C=O) groups is 2. The van der Waals surface area contributed by atoms with Gasteiger partial charge in [0.2, 0.25) is 5.91 Å². The van der Waals surface area contributed by atoms with Crippen molar-refractivity contribution in [3.05, 3.63) is 23.7 Å². The number of likely N-dealkylation sites (N-methyl/N-ethyl adjacent to an activating group) is 1. The monoisotopic (exact) mass is 224 g/mol. The van der Waals surface area contributed by atoms with Crippen molar-refractivity contribution in [2.75, 3.05) is 6.54 Å². The van der Waals surface area contributed by atoms with E-state index in [4.69, 9.17) is 4.42 Å². The van der Waals surface area contributed by atoms with Crippen LogP contribution in [0.4, 0.5) is 0 Å². The lowest BCUT2D eigenvalue weighted by Gasteiger charge is -2.11. The molecule has 16 heavy (non-hydrogen) atoms. The summed E-state index contributed by atoms with van der Waals surface area (Å²) in [6.07, 6.45) is 0. The van der Waals surface area contributed by atoms with Crippen LogP contribution in [0.3, 0.4) is 0 Å². The minimum absolute atomic E-state index is 0.209. The van der Waals surface area contributed by atoms with Crippen LogP contribution >= 0.6 is 0 Å². The first-order valence-electron chi connectivity index (χ1n) is 5.19. The highest BCUT2D eigenvalue weighted by Crippen LogP contribution is 2.05. The van der Waals surface area contributed by atoms with Gasteiger partial charge in [0, 0.05) is 6.54 Å². The van der Waals surface area contributed by atoms with Gasteiger partial charge in [-0.3, -0.25) is 9.59 Å². The molecule has 0 aromatic carbocycles. The van der Waals surface area contributed by atoms with Gasteiger partial charge in [-0.1, -0.05) is 0 Å². The van der Waals surface area contributed by atoms with Gasteiger partial charge in [-0.2, -0.15) is 0 Å². The Morgan fingerprint density at radius 2 is 2.12 bits per heavy atom. The lowest BCUT2D eigenvalue weighted by molar-refractivity contribution is -0.122. The number of hydrogen-bond acceptors (Lipinski definition) is 3. The lowest BCUT2D eigenvalue weighted by Crippen LogP contribution is -2.44. The highest BCUT2D eigenvalue weighted by molar-refractivity contribution is 5.95. The number of amides is 2. The lowest BCUT2D eigenvalue weighted by atomic mass is 10.3. The summed E-state index contributed by atoms with van der Waals surface area (Å²) in [5.41, 5.74) is 0. The predicted octanol–water partition coefficient (Wildman–Crippen LogP) is 0.842. The van der Waals surface area contributed by atoms with Gasteiger partial charge in [0.05, 0.1) is 0 Å². The van der Waals surface area contributed by atoms with Crippen LogP contribution < -0.4 is 10.6 Å². The van der Waals surface area contributed by atoms with Gasteiger partial charge < -0.3 is 15.1 Å². The number of aryl methyl sites for hydroxylation is 1. The summed E-state index contributed by atoms with van der Waals surface area (Å²) in [7, 11) is 0. The van der Waals surface area contributed by atoms with Crippen LogP contribution in [-0.4, -0.2) is 24.4 Å². The van der Waals surface area contributed by atoms with Crippen molar-refractivity contribution in [3.63, 3.8) is 0 Å². The van der Waals surface area contributed by atoms with Crippen LogP contribution in [0.1, 0.15) is 30.2 Å². The average molecular weight is 224 g/mol. The molecule has 0 saturated heterocycles. The molecule has 0 aliphatic carbocycles. The van der Waals surface area contributed by atoms with E-state index in [1.54, 1.807) is 26.0 Å². The van der Waals surface area contributed by atoms with Crippen LogP contribution in [0.2, 0.25) is 0 Å². The fourth-order valence-corrected chi connectivity index (χ4v) is 1.22. The Morgan fingerprint density at radius 1 is 1.44 bits per heavy atom. The minimum atomic E-state index is -0.571. The molecule has 1 unspecified atom stereocenters. The van der Waals surface area contributed by atoms with E-state index >= 15 is 0 Å². The van der Waals surface area contributed by atoms with Crippen LogP contribution in [-0.2, 0) is 4.79 Å². The summed E-state index contributed by atoms with van der Waals surface area (Å²) in [6, 6.07) is 2.71. The first kappa shape index (κ1) is 12.3. The second-order valence-electron chi connectivity index (χ2n) is 3.50. The Balaban J connectivity index is 2.54. The third kappa shape index (κ3) is 3.12. The fourth-order valence-electron chi connectivity index (χ4n) is 1.22. The van der Waals surface area contributed by atoms with Crippen LogP contribution in [0.15, 0.2) is 16.5 Å². The number of carbonyl (C=O) groups excluding carboxylic acids is 2. The summed E-state index contributed by atoms with van der Waals surface area (Å²) in [4.78, 5) is 23.0. The molecule has 0 spiro atoms. The van der Waals surface area contributed by atoms with Gasteiger partial charge in [-0.05, 0) is 32.9 Å². The van der Waals surface area contributed by atoms with Gasteiger partial charge in [-0.15, -0.1) is 0 Å². The molecule has 2 amide bonds. The molecule has 1 heterocycles. The molecular weight excluding hydrogens is 208 g/mol. The Hall–Kier alpha value is -1.78. The third-order valence-electron chi connectivity index (χ3n) is 2.06. The molecule has 88 valence electrons. The molecule has 1 aromatic heterocycles. The van der Waals surface area contributed by atoms with Crippen molar-refractivity contribution in [3.8, 4) is 0 Å². The molecule has 0 aliphatic heterocycles.